The van der Waals surface area contributed by atoms with Crippen LogP contribution in [-0.2, 0) is 5.60 Å². The highest BCUT2D eigenvalue weighted by Crippen LogP contribution is 2.37. The van der Waals surface area contributed by atoms with Gasteiger partial charge in [-0.1, -0.05) is 71.2 Å². The standard InChI is InChI=1S/C26H24Cl3N3O/c1-26(33,19-5-10-22(30-2)11-6-19)17-31-13-14-32(24-12-9-21(28)15-23(24)29)25(16-31)18-3-7-20(27)8-4-18/h3-12,15,25,33H,13-14,16-17H2,1H3/t25-,26?/m0/s1. The first kappa shape index (κ1) is 23.9. The maximum atomic E-state index is 11.3. The summed E-state index contributed by atoms with van der Waals surface area (Å²) in [5.41, 5.74) is 2.36. The molecule has 1 heterocycles. The van der Waals surface area contributed by atoms with Crippen molar-refractivity contribution in [1.29, 1.82) is 0 Å². The van der Waals surface area contributed by atoms with E-state index in [4.69, 9.17) is 41.4 Å². The van der Waals surface area contributed by atoms with Gasteiger partial charge in [0.25, 0.3) is 0 Å². The van der Waals surface area contributed by atoms with Crippen LogP contribution in [0.2, 0.25) is 15.1 Å². The largest absolute Gasteiger partial charge is 0.384 e. The highest BCUT2D eigenvalue weighted by atomic mass is 35.5. The minimum atomic E-state index is -1.05. The van der Waals surface area contributed by atoms with E-state index in [0.29, 0.717) is 33.8 Å². The molecule has 1 aliphatic rings. The van der Waals surface area contributed by atoms with Gasteiger partial charge in [0.2, 0.25) is 0 Å². The fourth-order valence-electron chi connectivity index (χ4n) is 4.38. The normalized spacial score (nSPS) is 18.5. The summed E-state index contributed by atoms with van der Waals surface area (Å²) in [5.74, 6) is 0. The molecule has 1 aliphatic heterocycles. The van der Waals surface area contributed by atoms with E-state index >= 15 is 0 Å². The SMILES string of the molecule is [C-]#[N+]c1ccc(C(C)(O)CN2CCN(c3ccc(Cl)cc3Cl)[C@H](c3ccc(Cl)cc3)C2)cc1. The van der Waals surface area contributed by atoms with Crippen LogP contribution in [0.4, 0.5) is 11.4 Å². The summed E-state index contributed by atoms with van der Waals surface area (Å²) < 4.78 is 0. The molecule has 0 bridgehead atoms. The van der Waals surface area contributed by atoms with Crippen molar-refractivity contribution in [2.45, 2.75) is 18.6 Å². The Kier molecular flexibility index (Phi) is 7.19. The number of β-amino-alcohol motifs (C(OH)–C–C–N with tert-alkyl or cyclic N) is 1. The van der Waals surface area contributed by atoms with Gasteiger partial charge in [-0.25, -0.2) is 4.85 Å². The topological polar surface area (TPSA) is 31.1 Å². The first-order valence-corrected chi connectivity index (χ1v) is 11.8. The average Bonchev–Trinajstić information content (AvgIpc) is 2.80. The Hall–Kier alpha value is -2.26. The van der Waals surface area contributed by atoms with Crippen LogP contribution in [0.25, 0.3) is 4.85 Å². The molecule has 4 nitrogen and oxygen atoms in total. The lowest BCUT2D eigenvalue weighted by atomic mass is 9.93. The molecule has 4 rings (SSSR count). The van der Waals surface area contributed by atoms with Gasteiger partial charge in [0, 0.05) is 36.2 Å². The predicted molar refractivity (Wildman–Crippen MR) is 137 cm³/mol. The average molecular weight is 501 g/mol. The zero-order valence-corrected chi connectivity index (χ0v) is 20.4. The van der Waals surface area contributed by atoms with Gasteiger partial charge in [-0.15, -0.1) is 0 Å². The van der Waals surface area contributed by atoms with Gasteiger partial charge >= 0.3 is 0 Å². The number of hydrogen-bond acceptors (Lipinski definition) is 3. The zero-order chi connectivity index (χ0) is 23.6. The molecule has 0 aliphatic carbocycles. The monoisotopic (exact) mass is 499 g/mol. The molecule has 1 fully saturated rings. The maximum Gasteiger partial charge on any atom is 0.187 e. The molecule has 2 atom stereocenters. The Balaban J connectivity index is 1.60. The number of benzene rings is 3. The van der Waals surface area contributed by atoms with Gasteiger partial charge in [0.15, 0.2) is 5.69 Å². The van der Waals surface area contributed by atoms with Crippen LogP contribution < -0.4 is 4.90 Å². The summed E-state index contributed by atoms with van der Waals surface area (Å²) in [4.78, 5) is 7.99. The molecule has 33 heavy (non-hydrogen) atoms. The van der Waals surface area contributed by atoms with Crippen molar-refractivity contribution in [2.24, 2.45) is 0 Å². The van der Waals surface area contributed by atoms with E-state index in [2.05, 4.69) is 14.6 Å². The molecular formula is C26H24Cl3N3O. The molecule has 0 saturated carbocycles. The van der Waals surface area contributed by atoms with Gasteiger partial charge in [-0.3, -0.25) is 4.90 Å². The highest BCUT2D eigenvalue weighted by molar-refractivity contribution is 6.36. The van der Waals surface area contributed by atoms with Crippen molar-refractivity contribution in [1.82, 2.24) is 4.90 Å². The smallest absolute Gasteiger partial charge is 0.187 e. The van der Waals surface area contributed by atoms with Crippen LogP contribution in [0.3, 0.4) is 0 Å². The second-order valence-electron chi connectivity index (χ2n) is 8.52. The first-order chi connectivity index (χ1) is 15.8. The number of nitrogens with zero attached hydrogens (tertiary/aromatic N) is 3. The van der Waals surface area contributed by atoms with Gasteiger partial charge in [-0.05, 0) is 48.4 Å². The van der Waals surface area contributed by atoms with E-state index < -0.39 is 5.60 Å². The molecule has 170 valence electrons. The lowest BCUT2D eigenvalue weighted by molar-refractivity contribution is 0.0103. The summed E-state index contributed by atoms with van der Waals surface area (Å²) in [5, 5.41) is 13.2. The number of halogens is 3. The third kappa shape index (κ3) is 5.46. The fraction of sp³-hybridized carbons (Fsp3) is 0.269. The quantitative estimate of drug-likeness (QED) is 0.384. The first-order valence-electron chi connectivity index (χ1n) is 10.7. The molecule has 1 saturated heterocycles. The summed E-state index contributed by atoms with van der Waals surface area (Å²) >= 11 is 18.8. The Bertz CT molecular complexity index is 1160. The van der Waals surface area contributed by atoms with Crippen LogP contribution in [0, 0.1) is 6.57 Å². The summed E-state index contributed by atoms with van der Waals surface area (Å²) in [7, 11) is 0. The van der Waals surface area contributed by atoms with Gasteiger partial charge in [0.05, 0.1) is 28.9 Å². The van der Waals surface area contributed by atoms with Gasteiger partial charge in [-0.2, -0.15) is 0 Å². The molecule has 1 N–H and O–H groups in total. The van der Waals surface area contributed by atoms with Crippen LogP contribution in [0.15, 0.2) is 66.7 Å². The van der Waals surface area contributed by atoms with E-state index in [1.807, 2.05) is 55.5 Å². The van der Waals surface area contributed by atoms with E-state index in [1.165, 1.54) is 0 Å². The van der Waals surface area contributed by atoms with Crippen molar-refractivity contribution in [3.8, 4) is 0 Å². The molecule has 3 aromatic rings. The van der Waals surface area contributed by atoms with Crippen molar-refractivity contribution in [2.75, 3.05) is 31.1 Å². The minimum Gasteiger partial charge on any atom is -0.384 e. The molecule has 0 amide bonds. The number of piperazine rings is 1. The summed E-state index contributed by atoms with van der Waals surface area (Å²) in [6.07, 6.45) is 0. The van der Waals surface area contributed by atoms with Crippen LogP contribution in [0.5, 0.6) is 0 Å². The minimum absolute atomic E-state index is 0.0231. The fourth-order valence-corrected chi connectivity index (χ4v) is 5.02. The van der Waals surface area contributed by atoms with Crippen molar-refractivity contribution in [3.05, 3.63) is 104 Å². The molecule has 0 spiro atoms. The second-order valence-corrected chi connectivity index (χ2v) is 9.80. The Morgan fingerprint density at radius 3 is 2.27 bits per heavy atom. The highest BCUT2D eigenvalue weighted by Gasteiger charge is 2.34. The molecular weight excluding hydrogens is 477 g/mol. The number of hydrogen-bond donors (Lipinski definition) is 1. The third-order valence-electron chi connectivity index (χ3n) is 6.09. The van der Waals surface area contributed by atoms with Crippen molar-refractivity contribution < 1.29 is 5.11 Å². The Morgan fingerprint density at radius 1 is 0.970 bits per heavy atom. The second kappa shape index (κ2) is 9.93. The third-order valence-corrected chi connectivity index (χ3v) is 6.88. The van der Waals surface area contributed by atoms with Crippen LogP contribution in [-0.4, -0.2) is 36.2 Å². The van der Waals surface area contributed by atoms with Crippen molar-refractivity contribution in [3.63, 3.8) is 0 Å². The van der Waals surface area contributed by atoms with E-state index in [0.717, 1.165) is 29.9 Å². The lowest BCUT2D eigenvalue weighted by Gasteiger charge is -2.45. The van der Waals surface area contributed by atoms with E-state index in [1.54, 1.807) is 18.2 Å². The molecule has 0 radical (unpaired) electrons. The zero-order valence-electron chi connectivity index (χ0n) is 18.2. The Morgan fingerprint density at radius 2 is 1.64 bits per heavy atom. The van der Waals surface area contributed by atoms with Crippen LogP contribution >= 0.6 is 34.8 Å². The van der Waals surface area contributed by atoms with Crippen LogP contribution in [0.1, 0.15) is 24.1 Å². The van der Waals surface area contributed by atoms with Gasteiger partial charge < -0.3 is 10.0 Å². The van der Waals surface area contributed by atoms with E-state index in [-0.39, 0.29) is 6.04 Å². The predicted octanol–water partition coefficient (Wildman–Crippen LogP) is 6.97. The molecule has 0 aromatic heterocycles. The Labute approximate surface area is 209 Å². The summed E-state index contributed by atoms with van der Waals surface area (Å²) in [6.45, 7) is 11.6. The number of aliphatic hydroxyl groups is 1. The molecule has 1 unspecified atom stereocenters. The summed E-state index contributed by atoms with van der Waals surface area (Å²) in [6, 6.07) is 20.6. The number of rotatable bonds is 5. The maximum absolute atomic E-state index is 11.3. The molecule has 7 heteroatoms. The lowest BCUT2D eigenvalue weighted by Crippen LogP contribution is -2.52. The van der Waals surface area contributed by atoms with Crippen molar-refractivity contribution >= 4 is 46.2 Å². The number of anilines is 1. The van der Waals surface area contributed by atoms with E-state index in [9.17, 15) is 5.11 Å². The molecule has 3 aromatic carbocycles. The van der Waals surface area contributed by atoms with Gasteiger partial charge in [0.1, 0.15) is 0 Å².